The molecule has 3 nitrogen and oxygen atoms in total. The second-order valence-electron chi connectivity index (χ2n) is 36.4. The topological polar surface area (TPSA) is 39.4 Å². The molecule has 3 heteroatoms. The first-order valence-electron chi connectivity index (χ1n) is 53.3. The smallest absolute Gasteiger partial charge is 0.136 e. The van der Waals surface area contributed by atoms with Crippen LogP contribution < -0.4 is 0 Å². The lowest BCUT2D eigenvalue weighted by Crippen LogP contribution is -1.93. The Morgan fingerprint density at radius 3 is 0.755 bits per heavy atom. The molecule has 0 spiro atoms. The van der Waals surface area contributed by atoms with E-state index in [1.807, 2.05) is 121 Å². The van der Waals surface area contributed by atoms with Gasteiger partial charge in [-0.25, -0.2) is 0 Å². The fraction of sp³-hybridized carbons (Fsp3) is 0. The van der Waals surface area contributed by atoms with E-state index in [1.54, 1.807) is 0 Å². The number of furan rings is 3. The molecule has 0 aliphatic carbocycles. The molecule has 29 aromatic rings. The van der Waals surface area contributed by atoms with Gasteiger partial charge in [0.1, 0.15) is 33.5 Å². The Balaban J connectivity index is 0.000000115. The van der Waals surface area contributed by atoms with Crippen LogP contribution in [0.3, 0.4) is 0 Å². The molecular formula is C140H88O3. The highest BCUT2D eigenvalue weighted by atomic mass is 16.3. The summed E-state index contributed by atoms with van der Waals surface area (Å²) in [6.07, 6.45) is 0. The maximum Gasteiger partial charge on any atom is 0.136 e. The average Bonchev–Trinajstić information content (AvgIpc) is 1.71. The van der Waals surface area contributed by atoms with E-state index in [0.29, 0.717) is 11.1 Å². The van der Waals surface area contributed by atoms with Crippen LogP contribution in [0.5, 0.6) is 0 Å². The summed E-state index contributed by atoms with van der Waals surface area (Å²) in [6, 6.07) is 162. The first-order valence-corrected chi connectivity index (χ1v) is 48.3. The number of benzene rings is 26. The summed E-state index contributed by atoms with van der Waals surface area (Å²) in [7, 11) is 0. The lowest BCUT2D eigenvalue weighted by molar-refractivity contribution is 0.668. The number of rotatable bonds is 12. The van der Waals surface area contributed by atoms with Gasteiger partial charge in [0.05, 0.1) is 13.7 Å². The Labute approximate surface area is 840 Å². The van der Waals surface area contributed by atoms with Crippen molar-refractivity contribution in [3.05, 3.63) is 534 Å². The molecule has 0 bridgehead atoms. The van der Waals surface area contributed by atoms with Gasteiger partial charge in [0.15, 0.2) is 0 Å². The third kappa shape index (κ3) is 14.3. The molecule has 0 aliphatic rings. The molecule has 0 unspecified atom stereocenters. The van der Waals surface area contributed by atoms with Gasteiger partial charge in [0, 0.05) is 43.4 Å². The van der Waals surface area contributed by atoms with Gasteiger partial charge in [0.2, 0.25) is 0 Å². The van der Waals surface area contributed by atoms with E-state index in [4.69, 9.17) is 27.0 Å². The summed E-state index contributed by atoms with van der Waals surface area (Å²) < 4.78 is 106. The SMILES string of the molecule is [2H]c1c([2H])c([2H])c(-c2c3ccccc3c(-c3ccc(-c4c(-c5cccc(-c6ccccc6)c5)ccc5oc6ccccc6c45)c4ccccc34)c3ccccc23)c([2H])c1[2H].[2H]c1c([2H])c([2H])c(-c2c3ccccc3c(-c3ccc(-c4c(-c5ccccc5)ccc5oc6ccccc6c45)c4ccccc34)c3ccccc23)c([2H])c1[2H].c1ccc(-c2c3ccccc3c(-c3ccc(-c4ccc5oc6ccccc6c5c4)cc3)c3ccccc23)cc1. The van der Waals surface area contributed by atoms with Crippen LogP contribution in [0.2, 0.25) is 0 Å². The van der Waals surface area contributed by atoms with E-state index >= 15 is 0 Å². The molecule has 0 fully saturated rings. The van der Waals surface area contributed by atoms with E-state index in [-0.39, 0.29) is 59.5 Å². The summed E-state index contributed by atoms with van der Waals surface area (Å²) in [5.74, 6) is 0. The van der Waals surface area contributed by atoms with Crippen molar-refractivity contribution in [1.82, 2.24) is 0 Å². The standard InChI is InChI=1S/C54H34O.C48H30O.C38H24O/c1-3-16-35(17-4-1)37-20-15-21-38(34-37)39-32-33-50-54(48-28-13-14-29-49(48)55-50)53(39)47-31-30-46(40-22-7-8-23-41(40)47)52-44-26-11-9-24-42(44)51(36-18-5-2-6-19-36)43-25-10-12-27-45(43)52;1-3-15-31(16-4-1)33-29-30-44-48(42-25-13-14-26-43(42)49-44)47(33)41-28-27-40(34-19-7-8-20-35(34)41)46-38-23-11-9-21-36(38)45(32-17-5-2-6-18-32)37-22-10-12-24-39(37)46;1-2-10-26(11-3-1)37-30-13-4-6-15-32(30)38(33-16-7-5-14-31(33)37)27-20-18-25(19-21-27)28-22-23-36-34(24-28)29-12-8-9-17-35(29)39-36/h1-34H;1-30H;1-24H/i2D,5D,6D,18D,19D;2D,5D,6D,17D,18D;. The van der Waals surface area contributed by atoms with Crippen molar-refractivity contribution in [1.29, 1.82) is 0 Å². The molecule has 143 heavy (non-hydrogen) atoms. The van der Waals surface area contributed by atoms with Gasteiger partial charge in [-0.3, -0.25) is 0 Å². The average molecular weight is 1830 g/mol. The van der Waals surface area contributed by atoms with Crippen molar-refractivity contribution in [2.75, 3.05) is 0 Å². The predicted octanol–water partition coefficient (Wildman–Crippen LogP) is 40.0. The molecule has 0 atom stereocenters. The van der Waals surface area contributed by atoms with Crippen LogP contribution in [0.1, 0.15) is 13.7 Å². The molecule has 0 N–H and O–H groups in total. The molecule has 0 saturated carbocycles. The summed E-state index contributed by atoms with van der Waals surface area (Å²) in [5.41, 5.74) is 29.5. The van der Waals surface area contributed by atoms with E-state index in [0.717, 1.165) is 208 Å². The highest BCUT2D eigenvalue weighted by Gasteiger charge is 2.28. The second-order valence-corrected chi connectivity index (χ2v) is 36.4. The molecule has 0 amide bonds. The van der Waals surface area contributed by atoms with Crippen LogP contribution in [0.4, 0.5) is 0 Å². The summed E-state index contributed by atoms with van der Waals surface area (Å²) >= 11 is 0. The summed E-state index contributed by atoms with van der Waals surface area (Å²) in [4.78, 5) is 0. The Kier molecular flexibility index (Phi) is 18.1. The van der Waals surface area contributed by atoms with Crippen LogP contribution in [0.15, 0.2) is 547 Å². The van der Waals surface area contributed by atoms with Crippen LogP contribution in [0, 0.1) is 0 Å². The third-order valence-electron chi connectivity index (χ3n) is 28.6. The highest BCUT2D eigenvalue weighted by Crippen LogP contribution is 2.55. The first kappa shape index (κ1) is 73.5. The van der Waals surface area contributed by atoms with Gasteiger partial charge in [-0.1, -0.05) is 485 Å². The van der Waals surface area contributed by atoms with Crippen molar-refractivity contribution in [2.24, 2.45) is 0 Å². The molecular weight excluding hydrogens is 1730 g/mol. The Morgan fingerprint density at radius 1 is 0.119 bits per heavy atom. The largest absolute Gasteiger partial charge is 0.456 e. The number of hydrogen-bond acceptors (Lipinski definition) is 3. The molecule has 0 aliphatic heterocycles. The highest BCUT2D eigenvalue weighted by molar-refractivity contribution is 6.30. The summed E-state index contributed by atoms with van der Waals surface area (Å²) in [5, 5.41) is 23.0. The lowest BCUT2D eigenvalue weighted by Gasteiger charge is -2.20. The van der Waals surface area contributed by atoms with Crippen molar-refractivity contribution in [2.45, 2.75) is 0 Å². The van der Waals surface area contributed by atoms with Gasteiger partial charge in [0.25, 0.3) is 0 Å². The van der Waals surface area contributed by atoms with Gasteiger partial charge in [-0.2, -0.15) is 0 Å². The number of para-hydroxylation sites is 3. The minimum absolute atomic E-state index is 0.199. The monoisotopic (exact) mass is 1830 g/mol. The number of fused-ring (bicyclic) bond motifs is 17. The molecule has 0 saturated heterocycles. The maximum absolute atomic E-state index is 9.01. The quantitative estimate of drug-likeness (QED) is 0.114. The maximum atomic E-state index is 9.01. The molecule has 3 heterocycles. The Morgan fingerprint density at radius 2 is 0.357 bits per heavy atom. The third-order valence-corrected chi connectivity index (χ3v) is 28.6. The Hall–Kier alpha value is -18.8. The first-order chi connectivity index (χ1) is 75.2. The van der Waals surface area contributed by atoms with E-state index in [1.165, 1.54) is 54.9 Å². The van der Waals surface area contributed by atoms with E-state index < -0.39 is 12.1 Å². The summed E-state index contributed by atoms with van der Waals surface area (Å²) in [6.45, 7) is 0. The molecule has 666 valence electrons. The zero-order chi connectivity index (χ0) is 103. The number of hydrogen-bond donors (Lipinski definition) is 0. The minimum atomic E-state index is -0.406. The molecule has 26 aromatic carbocycles. The normalized spacial score (nSPS) is 12.6. The van der Waals surface area contributed by atoms with Crippen LogP contribution in [-0.4, -0.2) is 0 Å². The molecule has 3 aromatic heterocycles. The van der Waals surface area contributed by atoms with Gasteiger partial charge in [-0.15, -0.1) is 0 Å². The predicted molar refractivity (Wildman–Crippen MR) is 606 cm³/mol. The zero-order valence-electron chi connectivity index (χ0n) is 87.3. The second kappa shape index (κ2) is 35.3. The fourth-order valence-electron chi connectivity index (χ4n) is 22.5. The van der Waals surface area contributed by atoms with E-state index in [9.17, 15) is 0 Å². The van der Waals surface area contributed by atoms with E-state index in [2.05, 4.69) is 352 Å². The van der Waals surface area contributed by atoms with Crippen molar-refractivity contribution in [3.63, 3.8) is 0 Å². The molecule has 0 radical (unpaired) electrons. The van der Waals surface area contributed by atoms with Crippen molar-refractivity contribution >= 4 is 152 Å². The molecule has 29 rings (SSSR count). The minimum Gasteiger partial charge on any atom is -0.456 e. The fourth-order valence-corrected chi connectivity index (χ4v) is 22.5. The van der Waals surface area contributed by atoms with Crippen molar-refractivity contribution < 1.29 is 27.0 Å². The zero-order valence-corrected chi connectivity index (χ0v) is 77.3. The Bertz CT molecular complexity index is 10500. The van der Waals surface area contributed by atoms with Crippen LogP contribution in [-0.2, 0) is 0 Å². The van der Waals surface area contributed by atoms with Crippen LogP contribution >= 0.6 is 0 Å². The van der Waals surface area contributed by atoms with Crippen LogP contribution in [0.25, 0.3) is 286 Å². The van der Waals surface area contributed by atoms with Crippen molar-refractivity contribution in [3.8, 4) is 134 Å². The van der Waals surface area contributed by atoms with Gasteiger partial charge < -0.3 is 13.3 Å². The lowest BCUT2D eigenvalue weighted by atomic mass is 9.82. The van der Waals surface area contributed by atoms with Gasteiger partial charge >= 0.3 is 0 Å². The van der Waals surface area contributed by atoms with Gasteiger partial charge in [-0.05, 0) is 257 Å².